The van der Waals surface area contributed by atoms with Crippen molar-refractivity contribution in [3.8, 4) is 0 Å². The molecule has 0 bridgehead atoms. The highest BCUT2D eigenvalue weighted by Crippen LogP contribution is 2.52. The number of amides is 2. The van der Waals surface area contributed by atoms with E-state index in [1.807, 2.05) is 0 Å². The lowest BCUT2D eigenvalue weighted by Crippen LogP contribution is -2.67. The molecule has 22 heavy (non-hydrogen) atoms. The molecule has 0 spiro atoms. The topological polar surface area (TPSA) is 76.1 Å². The molecular weight excluding hydrogens is 300 g/mol. The molecule has 2 amide bonds. The van der Waals surface area contributed by atoms with Crippen molar-refractivity contribution in [2.45, 2.75) is 58.6 Å². The summed E-state index contributed by atoms with van der Waals surface area (Å²) in [6, 6.07) is -0.0332. The second-order valence-electron chi connectivity index (χ2n) is 6.75. The van der Waals surface area contributed by atoms with E-state index in [0.29, 0.717) is 11.0 Å². The highest BCUT2D eigenvalue weighted by atomic mass is 32.1. The molecule has 2 heterocycles. The first-order chi connectivity index (χ1) is 10.5. The smallest absolute Gasteiger partial charge is 0.321 e. The van der Waals surface area contributed by atoms with Crippen LogP contribution in [0.25, 0.3) is 0 Å². The first-order valence-corrected chi connectivity index (χ1v) is 8.85. The molecule has 1 aromatic heterocycles. The first kappa shape index (κ1) is 15.7. The largest absolute Gasteiger partial charge is 0.377 e. The van der Waals surface area contributed by atoms with Gasteiger partial charge in [-0.2, -0.15) is 0 Å². The van der Waals surface area contributed by atoms with Crippen LogP contribution in [0.3, 0.4) is 0 Å². The third kappa shape index (κ3) is 2.84. The number of hydrogen-bond acceptors (Lipinski definition) is 5. The fourth-order valence-electron chi connectivity index (χ4n) is 3.62. The molecule has 6 nitrogen and oxygen atoms in total. The second-order valence-corrected chi connectivity index (χ2v) is 7.81. The van der Waals surface area contributed by atoms with Crippen molar-refractivity contribution in [2.75, 3.05) is 11.9 Å². The molecule has 1 aromatic rings. The van der Waals surface area contributed by atoms with Crippen molar-refractivity contribution < 1.29 is 9.53 Å². The lowest BCUT2D eigenvalue weighted by molar-refractivity contribution is -0.107. The average molecular weight is 324 g/mol. The van der Waals surface area contributed by atoms with Crippen LogP contribution in [0.15, 0.2) is 0 Å². The summed E-state index contributed by atoms with van der Waals surface area (Å²) in [5.41, 5.74) is -0.00801. The van der Waals surface area contributed by atoms with Crippen molar-refractivity contribution in [3.63, 3.8) is 0 Å². The van der Waals surface area contributed by atoms with Gasteiger partial charge in [-0.3, -0.25) is 5.32 Å². The molecule has 122 valence electrons. The number of fused-ring (bicyclic) bond motifs is 1. The van der Waals surface area contributed by atoms with Gasteiger partial charge in [0.1, 0.15) is 5.01 Å². The zero-order valence-corrected chi connectivity index (χ0v) is 14.2. The Hall–Kier alpha value is -1.21. The van der Waals surface area contributed by atoms with Crippen molar-refractivity contribution >= 4 is 22.5 Å². The lowest BCUT2D eigenvalue weighted by atomic mass is 9.57. The van der Waals surface area contributed by atoms with E-state index in [4.69, 9.17) is 4.74 Å². The van der Waals surface area contributed by atoms with Gasteiger partial charge in [0.05, 0.1) is 6.10 Å². The van der Waals surface area contributed by atoms with Crippen LogP contribution >= 0.6 is 11.3 Å². The summed E-state index contributed by atoms with van der Waals surface area (Å²) in [7, 11) is 0. The van der Waals surface area contributed by atoms with Gasteiger partial charge < -0.3 is 10.1 Å². The minimum Gasteiger partial charge on any atom is -0.377 e. The predicted octanol–water partition coefficient (Wildman–Crippen LogP) is 2.82. The predicted molar refractivity (Wildman–Crippen MR) is 86.1 cm³/mol. The molecule has 1 saturated heterocycles. The van der Waals surface area contributed by atoms with Crippen molar-refractivity contribution in [3.05, 3.63) is 5.01 Å². The van der Waals surface area contributed by atoms with E-state index in [1.165, 1.54) is 11.3 Å². The van der Waals surface area contributed by atoms with Crippen molar-refractivity contribution in [2.24, 2.45) is 11.3 Å². The van der Waals surface area contributed by atoms with E-state index >= 15 is 0 Å². The van der Waals surface area contributed by atoms with Gasteiger partial charge in [0.15, 0.2) is 0 Å². The molecule has 2 N–H and O–H groups in total. The van der Waals surface area contributed by atoms with E-state index in [1.54, 1.807) is 0 Å². The number of carbonyl (C=O) groups excluding carboxylic acids is 1. The number of unbranched alkanes of at least 4 members (excludes halogenated alkanes) is 1. The van der Waals surface area contributed by atoms with Crippen LogP contribution in [0.4, 0.5) is 9.93 Å². The van der Waals surface area contributed by atoms with E-state index in [-0.39, 0.29) is 23.6 Å². The van der Waals surface area contributed by atoms with E-state index in [2.05, 4.69) is 41.6 Å². The van der Waals surface area contributed by atoms with Gasteiger partial charge in [0.2, 0.25) is 5.13 Å². The molecule has 0 unspecified atom stereocenters. The van der Waals surface area contributed by atoms with Crippen LogP contribution < -0.4 is 10.6 Å². The van der Waals surface area contributed by atoms with E-state index in [0.717, 1.165) is 37.3 Å². The highest BCUT2D eigenvalue weighted by Gasteiger charge is 2.59. The third-order valence-corrected chi connectivity index (χ3v) is 5.72. The molecule has 3 rings (SSSR count). The van der Waals surface area contributed by atoms with Gasteiger partial charge in [-0.1, -0.05) is 38.5 Å². The fraction of sp³-hybridized carbons (Fsp3) is 0.800. The Kier molecular flexibility index (Phi) is 4.36. The van der Waals surface area contributed by atoms with Gasteiger partial charge >= 0.3 is 6.03 Å². The minimum absolute atomic E-state index is 0.00801. The van der Waals surface area contributed by atoms with Crippen molar-refractivity contribution in [1.29, 1.82) is 0 Å². The summed E-state index contributed by atoms with van der Waals surface area (Å²) in [4.78, 5) is 12.2. The number of aryl methyl sites for hydroxylation is 1. The maximum Gasteiger partial charge on any atom is 0.321 e. The lowest BCUT2D eigenvalue weighted by Gasteiger charge is -2.54. The highest BCUT2D eigenvalue weighted by molar-refractivity contribution is 7.15. The molecule has 2 aliphatic rings. The monoisotopic (exact) mass is 324 g/mol. The zero-order chi connectivity index (χ0) is 15.7. The van der Waals surface area contributed by atoms with Gasteiger partial charge in [-0.25, -0.2) is 4.79 Å². The number of nitrogens with zero attached hydrogens (tertiary/aromatic N) is 2. The SMILES string of the molecule is CCCCc1nnc(NC(=O)N[C@@H]2[C@H]3CCO[C@H]3C2(C)C)s1. The molecule has 2 fully saturated rings. The van der Waals surface area contributed by atoms with Crippen LogP contribution in [-0.4, -0.2) is 35.0 Å². The Labute approximate surface area is 135 Å². The Balaban J connectivity index is 1.53. The van der Waals surface area contributed by atoms with Crippen LogP contribution in [0.1, 0.15) is 45.0 Å². The summed E-state index contributed by atoms with van der Waals surface area (Å²) in [5, 5.41) is 15.6. The summed E-state index contributed by atoms with van der Waals surface area (Å²) in [5.74, 6) is 0.440. The molecule has 1 aliphatic carbocycles. The summed E-state index contributed by atoms with van der Waals surface area (Å²) in [6.07, 6.45) is 4.46. The van der Waals surface area contributed by atoms with Gasteiger partial charge in [-0.15, -0.1) is 10.2 Å². The number of rotatable bonds is 5. The maximum atomic E-state index is 12.2. The molecule has 0 radical (unpaired) electrons. The van der Waals surface area contributed by atoms with Gasteiger partial charge in [-0.05, 0) is 12.8 Å². The standard InChI is InChI=1S/C15H24N4O2S/c1-4-5-6-10-18-19-14(22-10)17-13(20)16-11-9-7-8-21-12(9)15(11,2)3/h9,11-12H,4-8H2,1-3H3,(H2,16,17,19,20)/t9-,11-,12-/m1/s1. The number of carbonyl (C=O) groups is 1. The normalized spacial score (nSPS) is 28.8. The Morgan fingerprint density at radius 3 is 3.05 bits per heavy atom. The average Bonchev–Trinajstić information content (AvgIpc) is 3.10. The number of nitrogens with one attached hydrogen (secondary N) is 2. The zero-order valence-electron chi connectivity index (χ0n) is 13.4. The third-order valence-electron chi connectivity index (χ3n) is 4.82. The molecule has 3 atom stereocenters. The molecule has 7 heteroatoms. The number of ether oxygens (including phenoxy) is 1. The Morgan fingerprint density at radius 1 is 1.45 bits per heavy atom. The summed E-state index contributed by atoms with van der Waals surface area (Å²) < 4.78 is 5.75. The number of aromatic nitrogens is 2. The quantitative estimate of drug-likeness (QED) is 0.873. The number of anilines is 1. The molecule has 1 aliphatic heterocycles. The van der Waals surface area contributed by atoms with Crippen molar-refractivity contribution in [1.82, 2.24) is 15.5 Å². The second kappa shape index (κ2) is 6.12. The minimum atomic E-state index is -0.193. The van der Waals surface area contributed by atoms with Crippen LogP contribution in [0, 0.1) is 11.3 Å². The van der Waals surface area contributed by atoms with E-state index < -0.39 is 0 Å². The maximum absolute atomic E-state index is 12.2. The summed E-state index contributed by atoms with van der Waals surface area (Å²) in [6.45, 7) is 7.25. The summed E-state index contributed by atoms with van der Waals surface area (Å²) >= 11 is 1.45. The first-order valence-electron chi connectivity index (χ1n) is 8.04. The van der Waals surface area contributed by atoms with Crippen LogP contribution in [-0.2, 0) is 11.2 Å². The Morgan fingerprint density at radius 2 is 2.27 bits per heavy atom. The molecule has 1 saturated carbocycles. The van der Waals surface area contributed by atoms with Gasteiger partial charge in [0.25, 0.3) is 0 Å². The molecular formula is C15H24N4O2S. The van der Waals surface area contributed by atoms with Crippen LogP contribution in [0.5, 0.6) is 0 Å². The Bertz CT molecular complexity index is 545. The number of hydrogen-bond donors (Lipinski definition) is 2. The van der Waals surface area contributed by atoms with E-state index in [9.17, 15) is 4.79 Å². The van der Waals surface area contributed by atoms with Gasteiger partial charge in [0, 0.05) is 30.4 Å². The molecule has 0 aromatic carbocycles. The number of urea groups is 1. The fourth-order valence-corrected chi connectivity index (χ4v) is 4.40. The van der Waals surface area contributed by atoms with Crippen LogP contribution in [0.2, 0.25) is 0 Å².